The Morgan fingerprint density at radius 2 is 1.85 bits per heavy atom. The summed E-state index contributed by atoms with van der Waals surface area (Å²) >= 11 is 0. The highest BCUT2D eigenvalue weighted by Gasteiger charge is 2.32. The normalized spacial score (nSPS) is 13.9. The Labute approximate surface area is 122 Å². The highest BCUT2D eigenvalue weighted by atomic mass is 16.4. The summed E-state index contributed by atoms with van der Waals surface area (Å²) in [6.07, 6.45) is 3.67. The minimum atomic E-state index is -0.901. The molecule has 0 rings (SSSR count). The van der Waals surface area contributed by atoms with Crippen molar-refractivity contribution in [3.05, 3.63) is 0 Å². The highest BCUT2D eigenvalue weighted by molar-refractivity contribution is 5.78. The third kappa shape index (κ3) is 5.80. The van der Waals surface area contributed by atoms with Gasteiger partial charge in [0.25, 0.3) is 0 Å². The Morgan fingerprint density at radius 3 is 2.25 bits per heavy atom. The molecule has 0 aromatic carbocycles. The van der Waals surface area contributed by atoms with Gasteiger partial charge in [0, 0.05) is 19.1 Å². The molecule has 0 bridgehead atoms. The van der Waals surface area contributed by atoms with Gasteiger partial charge in [-0.2, -0.15) is 0 Å². The van der Waals surface area contributed by atoms with Gasteiger partial charge in [-0.3, -0.25) is 4.79 Å². The number of amides is 2. The molecule has 0 aromatic rings. The quantitative estimate of drug-likeness (QED) is 0.640. The Hall–Kier alpha value is -1.26. The van der Waals surface area contributed by atoms with Crippen LogP contribution in [0.4, 0.5) is 4.79 Å². The van der Waals surface area contributed by atoms with Gasteiger partial charge in [-0.15, -0.1) is 0 Å². The van der Waals surface area contributed by atoms with Crippen molar-refractivity contribution in [3.63, 3.8) is 0 Å². The molecule has 5 heteroatoms. The lowest BCUT2D eigenvalue weighted by Gasteiger charge is -2.30. The van der Waals surface area contributed by atoms with Gasteiger partial charge in [-0.1, -0.05) is 26.7 Å². The summed E-state index contributed by atoms with van der Waals surface area (Å²) in [5.41, 5.74) is -0.901. The molecule has 2 amide bonds. The summed E-state index contributed by atoms with van der Waals surface area (Å²) in [7, 11) is 0. The van der Waals surface area contributed by atoms with E-state index in [0.717, 1.165) is 19.3 Å². The first-order chi connectivity index (χ1) is 9.28. The van der Waals surface area contributed by atoms with Crippen LogP contribution < -0.4 is 5.32 Å². The zero-order valence-corrected chi connectivity index (χ0v) is 13.5. The molecule has 1 unspecified atom stereocenters. The van der Waals surface area contributed by atoms with E-state index in [4.69, 9.17) is 0 Å². The Bertz CT molecular complexity index is 318. The second-order valence-electron chi connectivity index (χ2n) is 5.87. The lowest BCUT2D eigenvalue weighted by molar-refractivity contribution is -0.147. The van der Waals surface area contributed by atoms with Crippen LogP contribution in [0.3, 0.4) is 0 Å². The molecule has 118 valence electrons. The summed E-state index contributed by atoms with van der Waals surface area (Å²) in [4.78, 5) is 25.2. The minimum absolute atomic E-state index is 0.115. The number of carboxylic acids is 1. The van der Waals surface area contributed by atoms with Crippen molar-refractivity contribution in [1.82, 2.24) is 10.2 Å². The summed E-state index contributed by atoms with van der Waals surface area (Å²) in [6, 6.07) is -0.0541. The third-order valence-electron chi connectivity index (χ3n) is 3.81. The van der Waals surface area contributed by atoms with Crippen LogP contribution in [0, 0.1) is 5.41 Å². The molecule has 0 saturated heterocycles. The predicted octanol–water partition coefficient (Wildman–Crippen LogP) is 3.10. The molecule has 0 aromatic heterocycles. The highest BCUT2D eigenvalue weighted by Crippen LogP contribution is 2.20. The van der Waals surface area contributed by atoms with Gasteiger partial charge in [0.05, 0.1) is 5.41 Å². The van der Waals surface area contributed by atoms with E-state index in [1.807, 2.05) is 20.8 Å². The molecule has 1 atom stereocenters. The number of nitrogens with one attached hydrogen (secondary N) is 1. The average molecular weight is 286 g/mol. The van der Waals surface area contributed by atoms with Crippen LogP contribution in [-0.2, 0) is 4.79 Å². The van der Waals surface area contributed by atoms with Crippen molar-refractivity contribution in [2.45, 2.75) is 66.3 Å². The number of unbranched alkanes of at least 4 members (excludes halogenated alkanes) is 2. The number of carbonyl (C=O) groups excluding carboxylic acids is 1. The number of rotatable bonds is 9. The smallest absolute Gasteiger partial charge is 0.317 e. The number of hydrogen-bond donors (Lipinski definition) is 2. The zero-order chi connectivity index (χ0) is 15.8. The molecule has 2 N–H and O–H groups in total. The first-order valence-corrected chi connectivity index (χ1v) is 7.56. The van der Waals surface area contributed by atoms with Gasteiger partial charge < -0.3 is 15.3 Å². The topological polar surface area (TPSA) is 69.6 Å². The number of hydrogen-bond acceptors (Lipinski definition) is 2. The summed E-state index contributed by atoms with van der Waals surface area (Å²) in [6.45, 7) is 10.4. The van der Waals surface area contributed by atoms with E-state index in [9.17, 15) is 14.7 Å². The third-order valence-corrected chi connectivity index (χ3v) is 3.81. The fourth-order valence-electron chi connectivity index (χ4n) is 1.85. The van der Waals surface area contributed by atoms with E-state index in [1.165, 1.54) is 0 Å². The fourth-order valence-corrected chi connectivity index (χ4v) is 1.85. The van der Waals surface area contributed by atoms with Crippen LogP contribution in [0.25, 0.3) is 0 Å². The average Bonchev–Trinajstić information content (AvgIpc) is 2.39. The molecule has 5 nitrogen and oxygen atoms in total. The molecule has 0 aliphatic rings. The molecular weight excluding hydrogens is 256 g/mol. The number of carbonyl (C=O) groups is 2. The van der Waals surface area contributed by atoms with Crippen molar-refractivity contribution >= 4 is 12.0 Å². The lowest BCUT2D eigenvalue weighted by atomic mass is 9.88. The molecule has 20 heavy (non-hydrogen) atoms. The second kappa shape index (κ2) is 8.82. The standard InChI is InChI=1S/C15H30N2O3/c1-6-8-9-10-17(12(3)4)14(20)16-11-15(5,7-2)13(18)19/h12H,6-11H2,1-5H3,(H,16,20)(H,18,19). The molecular formula is C15H30N2O3. The maximum absolute atomic E-state index is 12.2. The van der Waals surface area contributed by atoms with E-state index < -0.39 is 11.4 Å². The van der Waals surface area contributed by atoms with Crippen molar-refractivity contribution in [1.29, 1.82) is 0 Å². The maximum Gasteiger partial charge on any atom is 0.317 e. The Balaban J connectivity index is 4.50. The molecule has 0 aliphatic heterocycles. The van der Waals surface area contributed by atoms with Crippen molar-refractivity contribution in [2.75, 3.05) is 13.1 Å². The molecule has 0 radical (unpaired) electrons. The van der Waals surface area contributed by atoms with Gasteiger partial charge in [0.15, 0.2) is 0 Å². The summed E-state index contributed by atoms with van der Waals surface area (Å²) in [5, 5.41) is 12.0. The first-order valence-electron chi connectivity index (χ1n) is 7.56. The largest absolute Gasteiger partial charge is 0.481 e. The van der Waals surface area contributed by atoms with Gasteiger partial charge in [0.2, 0.25) is 0 Å². The monoisotopic (exact) mass is 286 g/mol. The summed E-state index contributed by atoms with van der Waals surface area (Å²) in [5.74, 6) is -0.873. The summed E-state index contributed by atoms with van der Waals surface area (Å²) < 4.78 is 0. The van der Waals surface area contributed by atoms with Crippen LogP contribution in [0.5, 0.6) is 0 Å². The fraction of sp³-hybridized carbons (Fsp3) is 0.867. The van der Waals surface area contributed by atoms with E-state index in [0.29, 0.717) is 13.0 Å². The maximum atomic E-state index is 12.2. The van der Waals surface area contributed by atoms with Crippen LogP contribution in [0.15, 0.2) is 0 Å². The van der Waals surface area contributed by atoms with Crippen LogP contribution >= 0.6 is 0 Å². The zero-order valence-electron chi connectivity index (χ0n) is 13.5. The predicted molar refractivity (Wildman–Crippen MR) is 80.8 cm³/mol. The molecule has 0 heterocycles. The van der Waals surface area contributed by atoms with Crippen LogP contribution in [0.2, 0.25) is 0 Å². The van der Waals surface area contributed by atoms with Crippen molar-refractivity contribution in [3.8, 4) is 0 Å². The van der Waals surface area contributed by atoms with Crippen molar-refractivity contribution in [2.24, 2.45) is 5.41 Å². The SMILES string of the molecule is CCCCCN(C(=O)NCC(C)(CC)C(=O)O)C(C)C. The number of nitrogens with zero attached hydrogens (tertiary/aromatic N) is 1. The second-order valence-corrected chi connectivity index (χ2v) is 5.87. The van der Waals surface area contributed by atoms with Gasteiger partial charge in [0.1, 0.15) is 0 Å². The minimum Gasteiger partial charge on any atom is -0.481 e. The Kier molecular flexibility index (Phi) is 8.26. The van der Waals surface area contributed by atoms with Gasteiger partial charge in [-0.05, 0) is 33.6 Å². The number of aliphatic carboxylic acids is 1. The van der Waals surface area contributed by atoms with E-state index in [2.05, 4.69) is 12.2 Å². The number of carboxylic acid groups (broad SMARTS) is 1. The van der Waals surface area contributed by atoms with E-state index >= 15 is 0 Å². The molecule has 0 aliphatic carbocycles. The van der Waals surface area contributed by atoms with Gasteiger partial charge in [-0.25, -0.2) is 4.79 Å². The van der Waals surface area contributed by atoms with E-state index in [-0.39, 0.29) is 18.6 Å². The lowest BCUT2D eigenvalue weighted by Crippen LogP contribution is -2.48. The van der Waals surface area contributed by atoms with Crippen molar-refractivity contribution < 1.29 is 14.7 Å². The van der Waals surface area contributed by atoms with Crippen LogP contribution in [0.1, 0.15) is 60.3 Å². The Morgan fingerprint density at radius 1 is 1.25 bits per heavy atom. The van der Waals surface area contributed by atoms with Gasteiger partial charge >= 0.3 is 12.0 Å². The van der Waals surface area contributed by atoms with E-state index in [1.54, 1.807) is 11.8 Å². The first kappa shape index (κ1) is 18.7. The van der Waals surface area contributed by atoms with Crippen LogP contribution in [-0.4, -0.2) is 41.1 Å². The number of urea groups is 1. The molecule has 0 saturated carbocycles. The molecule has 0 spiro atoms. The molecule has 0 fully saturated rings.